The summed E-state index contributed by atoms with van der Waals surface area (Å²) in [6.07, 6.45) is 23.2. The first-order valence-electron chi connectivity index (χ1n) is 48.4. The van der Waals surface area contributed by atoms with Gasteiger partial charge in [0, 0.05) is 96.8 Å². The second-order valence-corrected chi connectivity index (χ2v) is 43.9. The minimum atomic E-state index is -0.319. The first-order valence-corrected chi connectivity index (χ1v) is 48.4. The van der Waals surface area contributed by atoms with Gasteiger partial charge in [-0.05, 0) is 173 Å². The second-order valence-electron chi connectivity index (χ2n) is 43.9. The zero-order chi connectivity index (χ0) is 92.3. The van der Waals surface area contributed by atoms with Gasteiger partial charge in [-0.2, -0.15) is 0 Å². The number of hydrogen-bond donors (Lipinski definition) is 0. The van der Waals surface area contributed by atoms with Crippen molar-refractivity contribution in [3.63, 3.8) is 0 Å². The maximum absolute atomic E-state index is 5.19. The van der Waals surface area contributed by atoms with E-state index in [0.29, 0.717) is 23.3 Å². The maximum Gasteiger partial charge on any atom is 0.165 e. The molecule has 0 saturated heterocycles. The van der Waals surface area contributed by atoms with Crippen LogP contribution in [0.2, 0.25) is 0 Å². The molecule has 10 aromatic carbocycles. The first-order chi connectivity index (χ1) is 61.8. The summed E-state index contributed by atoms with van der Waals surface area (Å²) < 4.78 is 0. The van der Waals surface area contributed by atoms with Gasteiger partial charge in [0.25, 0.3) is 0 Å². The molecule has 2 unspecified atom stereocenters. The quantitative estimate of drug-likeness (QED) is 0.0356. The Morgan fingerprint density at radius 2 is 0.727 bits per heavy atom. The van der Waals surface area contributed by atoms with Crippen LogP contribution in [0.15, 0.2) is 249 Å². The summed E-state index contributed by atoms with van der Waals surface area (Å²) in [5, 5.41) is 0. The Labute approximate surface area is 818 Å². The van der Waals surface area contributed by atoms with Gasteiger partial charge in [0.15, 0.2) is 23.3 Å². The fourth-order valence-corrected chi connectivity index (χ4v) is 21.1. The van der Waals surface area contributed by atoms with Gasteiger partial charge in [0.2, 0.25) is 0 Å². The molecule has 0 bridgehead atoms. The van der Waals surface area contributed by atoms with Crippen LogP contribution >= 0.6 is 0 Å². The molecular formula is C123H139Ir2N7-2. The molecule has 16 rings (SSSR count). The van der Waals surface area contributed by atoms with E-state index in [9.17, 15) is 0 Å². The van der Waals surface area contributed by atoms with E-state index in [1.807, 2.05) is 12.4 Å². The van der Waals surface area contributed by atoms with Crippen LogP contribution < -0.4 is 0 Å². The van der Waals surface area contributed by atoms with Gasteiger partial charge in [-0.15, -0.1) is 58.7 Å². The Balaban J connectivity index is 0.000000221. The molecule has 0 N–H and O–H groups in total. The molecule has 14 aromatic rings. The number of aryl methyl sites for hydroxylation is 5. The number of unbranched alkanes of at least 4 members (excludes halogenated alkanes) is 8. The predicted octanol–water partition coefficient (Wildman–Crippen LogP) is 33.1. The summed E-state index contributed by atoms with van der Waals surface area (Å²) in [5.74, 6) is 2.55. The molecule has 4 heterocycles. The van der Waals surface area contributed by atoms with Crippen LogP contribution in [0, 0.1) is 43.7 Å². The molecular weight excluding hydrogens is 1960 g/mol. The van der Waals surface area contributed by atoms with Gasteiger partial charge < -0.3 is 9.97 Å². The second kappa shape index (κ2) is 41.0. The Morgan fingerprint density at radius 1 is 0.311 bits per heavy atom. The van der Waals surface area contributed by atoms with Gasteiger partial charge in [-0.25, -0.2) is 24.9 Å². The van der Waals surface area contributed by atoms with E-state index in [4.69, 9.17) is 34.9 Å². The van der Waals surface area contributed by atoms with Crippen molar-refractivity contribution in [2.45, 2.75) is 288 Å². The topological polar surface area (TPSA) is 90.2 Å². The van der Waals surface area contributed by atoms with Gasteiger partial charge in [0.1, 0.15) is 0 Å². The Hall–Kier alpha value is -10.1. The molecule has 0 saturated carbocycles. The van der Waals surface area contributed by atoms with E-state index < -0.39 is 0 Å². The van der Waals surface area contributed by atoms with Crippen LogP contribution in [-0.4, -0.2) is 34.9 Å². The summed E-state index contributed by atoms with van der Waals surface area (Å²) in [6, 6.07) is 95.0. The van der Waals surface area contributed by atoms with E-state index in [0.717, 1.165) is 106 Å². The van der Waals surface area contributed by atoms with Crippen LogP contribution in [0.1, 0.15) is 299 Å². The summed E-state index contributed by atoms with van der Waals surface area (Å²) in [5.41, 5.74) is 35.6. The molecule has 0 aliphatic heterocycles. The summed E-state index contributed by atoms with van der Waals surface area (Å²) in [6.45, 7) is 50.3. The van der Waals surface area contributed by atoms with Gasteiger partial charge in [-0.3, -0.25) is 0 Å². The average Bonchev–Trinajstić information content (AvgIpc) is 1.56. The van der Waals surface area contributed by atoms with Crippen molar-refractivity contribution in [1.82, 2.24) is 34.9 Å². The standard InChI is InChI=1S/C63H73N4.C60H66N3.2Ir/c1-14-15-16-17-18-43-20-28-50(29-21-43)63(13)53-37-42(2)19-34-51(53)52-35-26-46(38-54(52)63)55-36-27-47(39-64-55)58-66-56(44-22-30-48(31-23-44)61(9,10)40-59(3,4)5)65-57(67-58)45-24-32-49(33-25-45)62(11,12)41-60(6,7)8;1-10-11-12-13-14-17-33-60(34-32-43-36-41(2)35-42(3)37-43)52-19-16-15-18-50(52)51-30-24-46(38-53(51)60)54-31-25-47(40-61-54)57-62-55(44-20-26-48(27-21-44)58(4,5)6)39-56(63-57)45-22-28-49(29-23-45)59(7,8)9;;/h19-25,27-39H,14-18,40-41H2,1-13H3;15-16,18-23,25-31,35-40H,10-14,17,32-34H2,1-9H3;;/q2*-1;;. The largest absolute Gasteiger partial charge is 0.304 e. The van der Waals surface area contributed by atoms with Crippen molar-refractivity contribution in [2.24, 2.45) is 10.8 Å². The summed E-state index contributed by atoms with van der Waals surface area (Å²) in [4.78, 5) is 36.0. The SMILES string of the molecule is CCCCCCCCC1(CCc2cc(C)cc(C)c2)c2ccccc2-c2c[c-]c(-c3ccc(-c4nc(-c5ccc(C(C)(C)C)cc5)cc(-c5ccc(C(C)(C)C)cc5)n4)cn3)cc21.CCCCCCc1ccc(C2(C)c3cc(-c4ccc(-c5nc(-c6ccc(C(C)(C)CC(C)(C)C)cc6)nc(-c6ccc(C(C)(C)CC(C)(C)C)cc6)n5)cn4)[c-]cc3-c3ccc(C)cc32)cc1.[Ir].[Ir]. The van der Waals surface area contributed by atoms with Crippen LogP contribution in [0.3, 0.4) is 0 Å². The number of aromatic nitrogens is 7. The van der Waals surface area contributed by atoms with Crippen molar-refractivity contribution < 1.29 is 40.2 Å². The minimum absolute atomic E-state index is 0. The molecule has 7 nitrogen and oxygen atoms in total. The van der Waals surface area contributed by atoms with Crippen LogP contribution in [-0.2, 0) is 85.5 Å². The monoisotopic (exact) mass is 2100 g/mol. The third-order valence-corrected chi connectivity index (χ3v) is 27.5. The average molecular weight is 2100 g/mol. The maximum atomic E-state index is 5.19. The molecule has 132 heavy (non-hydrogen) atoms. The third-order valence-electron chi connectivity index (χ3n) is 27.5. The molecule has 9 heteroatoms. The van der Waals surface area contributed by atoms with Crippen LogP contribution in [0.25, 0.3) is 113 Å². The number of nitrogens with zero attached hydrogens (tertiary/aromatic N) is 7. The fourth-order valence-electron chi connectivity index (χ4n) is 21.1. The molecule has 2 aliphatic carbocycles. The predicted molar refractivity (Wildman–Crippen MR) is 549 cm³/mol. The van der Waals surface area contributed by atoms with Crippen molar-refractivity contribution in [3.05, 3.63) is 339 Å². The van der Waals surface area contributed by atoms with Crippen molar-refractivity contribution >= 4 is 0 Å². The van der Waals surface area contributed by atoms with E-state index in [1.165, 1.54) is 164 Å². The van der Waals surface area contributed by atoms with Gasteiger partial charge >= 0.3 is 0 Å². The van der Waals surface area contributed by atoms with Crippen molar-refractivity contribution in [2.75, 3.05) is 0 Å². The van der Waals surface area contributed by atoms with Crippen LogP contribution in [0.4, 0.5) is 0 Å². The normalized spacial score (nSPS) is 14.7. The van der Waals surface area contributed by atoms with E-state index in [2.05, 4.69) is 401 Å². The minimum Gasteiger partial charge on any atom is -0.304 e. The van der Waals surface area contributed by atoms with E-state index in [-0.39, 0.29) is 83.5 Å². The van der Waals surface area contributed by atoms with Crippen LogP contribution in [0.5, 0.6) is 0 Å². The number of rotatable bonds is 28. The summed E-state index contributed by atoms with van der Waals surface area (Å²) >= 11 is 0. The number of pyridine rings is 2. The molecule has 0 spiro atoms. The Morgan fingerprint density at radius 3 is 1.20 bits per heavy atom. The zero-order valence-corrected chi connectivity index (χ0v) is 87.6. The third kappa shape index (κ3) is 22.8. The van der Waals surface area contributed by atoms with Gasteiger partial charge in [-0.1, -0.05) is 428 Å². The summed E-state index contributed by atoms with van der Waals surface area (Å²) in [7, 11) is 0. The molecule has 2 radical (unpaired) electrons. The van der Waals surface area contributed by atoms with E-state index >= 15 is 0 Å². The fraction of sp³-hybridized carbons (Fsp3) is 0.374. The molecule has 686 valence electrons. The molecule has 0 fully saturated rings. The Kier molecular flexibility index (Phi) is 30.9. The molecule has 2 atom stereocenters. The molecule has 2 aliphatic rings. The number of hydrogen-bond acceptors (Lipinski definition) is 7. The zero-order valence-electron chi connectivity index (χ0n) is 82.8. The Bertz CT molecular complexity index is 6110. The number of fused-ring (bicyclic) bond motifs is 6. The number of benzene rings is 10. The van der Waals surface area contributed by atoms with Crippen molar-refractivity contribution in [1.29, 1.82) is 0 Å². The smallest absolute Gasteiger partial charge is 0.165 e. The van der Waals surface area contributed by atoms with Gasteiger partial charge in [0.05, 0.1) is 11.4 Å². The van der Waals surface area contributed by atoms with Crippen molar-refractivity contribution in [3.8, 4) is 113 Å². The molecule has 0 amide bonds. The molecule has 4 aromatic heterocycles. The van der Waals surface area contributed by atoms with E-state index in [1.54, 1.807) is 0 Å². The first kappa shape index (κ1) is 99.4.